The summed E-state index contributed by atoms with van der Waals surface area (Å²) in [6.07, 6.45) is 0. The highest BCUT2D eigenvalue weighted by Crippen LogP contribution is 2.37. The molecular formula is C12H14BO5-. The Morgan fingerprint density at radius 3 is 2.39 bits per heavy atom. The van der Waals surface area contributed by atoms with Crippen molar-refractivity contribution in [3.8, 4) is 11.5 Å². The minimum Gasteiger partial charge on any atom is -0.540 e. The van der Waals surface area contributed by atoms with E-state index in [1.807, 2.05) is 18.2 Å². The number of ether oxygens (including phenoxy) is 2. The summed E-state index contributed by atoms with van der Waals surface area (Å²) < 4.78 is 28.2. The van der Waals surface area contributed by atoms with Crippen molar-refractivity contribution in [2.45, 2.75) is 6.92 Å². The molecule has 0 N–H and O–H groups in total. The molecule has 0 saturated carbocycles. The van der Waals surface area contributed by atoms with Gasteiger partial charge in [-0.05, 0) is 12.1 Å². The molecule has 0 unspecified atom stereocenters. The molecule has 6 heteroatoms. The first-order valence-electron chi connectivity index (χ1n) is 6.15. The maximum Gasteiger partial charge on any atom is 0.409 e. The van der Waals surface area contributed by atoms with Gasteiger partial charge in [0.15, 0.2) is 11.5 Å². The van der Waals surface area contributed by atoms with Crippen molar-refractivity contribution in [3.05, 3.63) is 18.2 Å². The molecule has 4 aliphatic heterocycles. The monoisotopic (exact) mass is 249 g/mol. The summed E-state index contributed by atoms with van der Waals surface area (Å²) in [4.78, 5) is 0. The first-order valence-corrected chi connectivity index (χ1v) is 6.15. The number of hydrogen-bond acceptors (Lipinski definition) is 5. The van der Waals surface area contributed by atoms with Crippen LogP contribution in [-0.2, 0) is 14.0 Å². The van der Waals surface area contributed by atoms with E-state index in [4.69, 9.17) is 23.4 Å². The van der Waals surface area contributed by atoms with Crippen LogP contribution in [0.3, 0.4) is 0 Å². The zero-order valence-corrected chi connectivity index (χ0v) is 10.2. The highest BCUT2D eigenvalue weighted by Gasteiger charge is 2.47. The quantitative estimate of drug-likeness (QED) is 0.683. The minimum absolute atomic E-state index is 0.0140. The molecule has 5 rings (SSSR count). The Morgan fingerprint density at radius 2 is 1.67 bits per heavy atom. The van der Waals surface area contributed by atoms with Gasteiger partial charge in [-0.1, -0.05) is 13.0 Å². The topological polar surface area (TPSA) is 46.2 Å². The van der Waals surface area contributed by atoms with Crippen molar-refractivity contribution in [1.82, 2.24) is 0 Å². The lowest BCUT2D eigenvalue weighted by atomic mass is 9.64. The molecule has 0 spiro atoms. The molecule has 0 atom stereocenters. The molecule has 2 bridgehead atoms. The van der Waals surface area contributed by atoms with Crippen molar-refractivity contribution >= 4 is 12.2 Å². The molecule has 18 heavy (non-hydrogen) atoms. The lowest BCUT2D eigenvalue weighted by Crippen LogP contribution is -2.68. The van der Waals surface area contributed by atoms with Crippen molar-refractivity contribution in [1.29, 1.82) is 0 Å². The Hall–Kier alpha value is -1.24. The standard InChI is InChI=1S/C12H14BO5/c1-12-5-16-13(17-6-12,18-7-12)9-2-3-10-11(4-9)15-8-14-10/h2-4H,5-8H2,1H3/q-1. The van der Waals surface area contributed by atoms with Gasteiger partial charge in [-0.15, -0.1) is 5.46 Å². The van der Waals surface area contributed by atoms with E-state index in [2.05, 4.69) is 6.92 Å². The van der Waals surface area contributed by atoms with E-state index >= 15 is 0 Å². The van der Waals surface area contributed by atoms with Gasteiger partial charge in [0.1, 0.15) is 0 Å². The van der Waals surface area contributed by atoms with Gasteiger partial charge in [0.2, 0.25) is 6.79 Å². The Balaban J connectivity index is 1.71. The summed E-state index contributed by atoms with van der Waals surface area (Å²) in [5.74, 6) is 1.47. The number of hydrogen-bond donors (Lipinski definition) is 0. The Bertz CT molecular complexity index is 479. The van der Waals surface area contributed by atoms with Crippen molar-refractivity contribution in [2.24, 2.45) is 5.41 Å². The van der Waals surface area contributed by atoms with Gasteiger partial charge in [0.25, 0.3) is 0 Å². The van der Waals surface area contributed by atoms with Crippen molar-refractivity contribution < 1.29 is 23.4 Å². The molecular weight excluding hydrogens is 235 g/mol. The molecule has 4 aliphatic rings. The lowest BCUT2D eigenvalue weighted by molar-refractivity contribution is -0.119. The lowest BCUT2D eigenvalue weighted by Gasteiger charge is -2.58. The van der Waals surface area contributed by atoms with E-state index in [1.165, 1.54) is 0 Å². The molecule has 0 aromatic heterocycles. The predicted molar refractivity (Wildman–Crippen MR) is 63.9 cm³/mol. The molecule has 0 amide bonds. The highest BCUT2D eigenvalue weighted by molar-refractivity contribution is 6.75. The fraction of sp³-hybridized carbons (Fsp3) is 0.500. The summed E-state index contributed by atoms with van der Waals surface area (Å²) in [6.45, 7) is 2.57. The van der Waals surface area contributed by atoms with E-state index in [0.717, 1.165) is 17.0 Å². The van der Waals surface area contributed by atoms with Crippen LogP contribution in [0.15, 0.2) is 18.2 Å². The normalized spacial score (nSPS) is 36.9. The van der Waals surface area contributed by atoms with E-state index in [1.54, 1.807) is 0 Å². The smallest absolute Gasteiger partial charge is 0.409 e. The Labute approximate surface area is 105 Å². The van der Waals surface area contributed by atoms with Gasteiger partial charge in [-0.25, -0.2) is 0 Å². The number of benzene rings is 1. The van der Waals surface area contributed by atoms with E-state index in [9.17, 15) is 0 Å². The van der Waals surface area contributed by atoms with Gasteiger partial charge >= 0.3 is 6.75 Å². The van der Waals surface area contributed by atoms with Crippen LogP contribution >= 0.6 is 0 Å². The van der Waals surface area contributed by atoms with Crippen LogP contribution in [0, 0.1) is 5.41 Å². The molecule has 1 aromatic rings. The maximum atomic E-state index is 5.84. The second kappa shape index (κ2) is 3.41. The highest BCUT2D eigenvalue weighted by atomic mass is 16.8. The van der Waals surface area contributed by atoms with Gasteiger partial charge in [-0.2, -0.15) is 0 Å². The van der Waals surface area contributed by atoms with Crippen molar-refractivity contribution in [2.75, 3.05) is 26.6 Å². The Morgan fingerprint density at radius 1 is 1.00 bits per heavy atom. The summed E-state index contributed by atoms with van der Waals surface area (Å²) >= 11 is 0. The SMILES string of the molecule is CC12CO[B-](c3ccc4c(c3)OCO4)(OC1)OC2. The van der Waals surface area contributed by atoms with Crippen LogP contribution < -0.4 is 14.9 Å². The van der Waals surface area contributed by atoms with Crippen molar-refractivity contribution in [3.63, 3.8) is 0 Å². The molecule has 1 aromatic carbocycles. The molecule has 3 fully saturated rings. The number of fused-ring (bicyclic) bond motifs is 4. The minimum atomic E-state index is -1.80. The van der Waals surface area contributed by atoms with Gasteiger partial charge in [-0.3, -0.25) is 0 Å². The van der Waals surface area contributed by atoms with E-state index in [-0.39, 0.29) is 12.2 Å². The summed E-state index contributed by atoms with van der Waals surface area (Å²) in [5.41, 5.74) is 0.862. The van der Waals surface area contributed by atoms with Crippen LogP contribution in [0.25, 0.3) is 0 Å². The van der Waals surface area contributed by atoms with E-state index < -0.39 is 6.75 Å². The average Bonchev–Trinajstić information content (AvgIpc) is 2.87. The van der Waals surface area contributed by atoms with Gasteiger partial charge in [0, 0.05) is 25.2 Å². The first kappa shape index (κ1) is 10.7. The van der Waals surface area contributed by atoms with Gasteiger partial charge in [0.05, 0.1) is 0 Å². The second-order valence-electron chi connectivity index (χ2n) is 5.50. The molecule has 96 valence electrons. The van der Waals surface area contributed by atoms with Crippen LogP contribution in [0.1, 0.15) is 6.92 Å². The summed E-state index contributed by atoms with van der Waals surface area (Å²) in [7, 11) is 0. The molecule has 4 heterocycles. The zero-order valence-electron chi connectivity index (χ0n) is 10.2. The maximum absolute atomic E-state index is 5.84. The third kappa shape index (κ3) is 1.40. The Kier molecular flexibility index (Phi) is 2.02. The molecule has 5 nitrogen and oxygen atoms in total. The average molecular weight is 249 g/mol. The largest absolute Gasteiger partial charge is 0.540 e. The summed E-state index contributed by atoms with van der Waals surface area (Å²) in [6, 6.07) is 5.67. The van der Waals surface area contributed by atoms with Gasteiger partial charge < -0.3 is 23.4 Å². The van der Waals surface area contributed by atoms with E-state index in [0.29, 0.717) is 19.8 Å². The zero-order chi connectivity index (χ0) is 12.2. The molecule has 0 aliphatic carbocycles. The fourth-order valence-electron chi connectivity index (χ4n) is 2.62. The molecule has 0 radical (unpaired) electrons. The predicted octanol–water partition coefficient (Wildman–Crippen LogP) is 0.645. The summed E-state index contributed by atoms with van der Waals surface area (Å²) in [5, 5.41) is 0. The van der Waals surface area contributed by atoms with Crippen LogP contribution in [0.4, 0.5) is 0 Å². The fourth-order valence-corrected chi connectivity index (χ4v) is 2.62. The van der Waals surface area contributed by atoms with Crippen LogP contribution in [0.5, 0.6) is 11.5 Å². The molecule has 3 saturated heterocycles. The third-order valence-corrected chi connectivity index (χ3v) is 3.76. The van der Waals surface area contributed by atoms with Crippen LogP contribution in [-0.4, -0.2) is 33.4 Å². The third-order valence-electron chi connectivity index (χ3n) is 3.76. The first-order chi connectivity index (χ1) is 8.69. The number of rotatable bonds is 1. The van der Waals surface area contributed by atoms with Crippen LogP contribution in [0.2, 0.25) is 0 Å². The second-order valence-corrected chi connectivity index (χ2v) is 5.50.